The summed E-state index contributed by atoms with van der Waals surface area (Å²) in [5, 5.41) is 86.7. The zero-order chi connectivity index (χ0) is 51.7. The molecule has 12 unspecified atom stereocenters. The Labute approximate surface area is 430 Å². The Morgan fingerprint density at radius 1 is 0.493 bits per heavy atom. The fraction of sp³-hybridized carbons (Fsp3) is 0.912. The number of carbonyl (C=O) groups is 1. The van der Waals surface area contributed by atoms with E-state index in [1.54, 1.807) is 6.08 Å². The summed E-state index contributed by atoms with van der Waals surface area (Å²) in [7, 11) is 0. The van der Waals surface area contributed by atoms with E-state index in [9.17, 15) is 45.6 Å². The molecule has 0 aromatic carbocycles. The van der Waals surface area contributed by atoms with Gasteiger partial charge in [0.2, 0.25) is 5.91 Å². The number of rotatable bonds is 46. The van der Waals surface area contributed by atoms with Crippen molar-refractivity contribution < 1.29 is 64.6 Å². The van der Waals surface area contributed by atoms with Crippen molar-refractivity contribution in [2.24, 2.45) is 0 Å². The van der Waals surface area contributed by atoms with Crippen LogP contribution in [-0.4, -0.2) is 140 Å². The topological polar surface area (TPSA) is 228 Å². The van der Waals surface area contributed by atoms with Crippen molar-refractivity contribution in [1.82, 2.24) is 5.32 Å². The van der Waals surface area contributed by atoms with E-state index in [1.165, 1.54) is 173 Å². The van der Waals surface area contributed by atoms with Crippen LogP contribution in [0.3, 0.4) is 0 Å². The number of hydrogen-bond acceptors (Lipinski definition) is 13. The fourth-order valence-electron chi connectivity index (χ4n) is 9.66. The molecule has 0 aromatic heterocycles. The molecule has 1 amide bonds. The SMILES string of the molecule is CCCCCC/C=C/CC/C=C/C(O)C(COC1OC(CO)C(OC2OC(CO)C(O)C(O)C2O)C(O)C1O)NC(=O)CCCCCCCCCCCCCCCCCCCCCCCCCCCCC. The maximum absolute atomic E-state index is 13.2. The molecule has 14 heteroatoms. The average molecular weight is 1010 g/mol. The number of ether oxygens (including phenoxy) is 4. The second kappa shape index (κ2) is 43.7. The largest absolute Gasteiger partial charge is 0.394 e. The number of allylic oxidation sites excluding steroid dienone is 3. The predicted octanol–water partition coefficient (Wildman–Crippen LogP) is 9.28. The van der Waals surface area contributed by atoms with Crippen molar-refractivity contribution in [2.75, 3.05) is 19.8 Å². The van der Waals surface area contributed by atoms with Crippen molar-refractivity contribution in [2.45, 2.75) is 312 Å². The summed E-state index contributed by atoms with van der Waals surface area (Å²) in [6, 6.07) is -0.926. The molecule has 0 aromatic rings. The van der Waals surface area contributed by atoms with E-state index in [0.717, 1.165) is 32.1 Å². The quantitative estimate of drug-likeness (QED) is 0.0205. The van der Waals surface area contributed by atoms with Gasteiger partial charge in [0.1, 0.15) is 48.8 Å². The van der Waals surface area contributed by atoms with E-state index < -0.39 is 86.8 Å². The van der Waals surface area contributed by atoms with Crippen LogP contribution in [0.4, 0.5) is 0 Å². The number of amides is 1. The van der Waals surface area contributed by atoms with Crippen LogP contribution in [0.25, 0.3) is 0 Å². The maximum atomic E-state index is 13.2. The minimum Gasteiger partial charge on any atom is -0.394 e. The Bertz CT molecular complexity index is 1290. The van der Waals surface area contributed by atoms with Crippen LogP contribution in [0.5, 0.6) is 0 Å². The third kappa shape index (κ3) is 30.0. The number of hydrogen-bond donors (Lipinski definition) is 9. The van der Waals surface area contributed by atoms with Crippen molar-refractivity contribution in [1.29, 1.82) is 0 Å². The first-order chi connectivity index (χ1) is 34.6. The Morgan fingerprint density at radius 2 is 0.901 bits per heavy atom. The van der Waals surface area contributed by atoms with Gasteiger partial charge in [-0.15, -0.1) is 0 Å². The zero-order valence-corrected chi connectivity index (χ0v) is 44.7. The van der Waals surface area contributed by atoms with Crippen molar-refractivity contribution in [3.05, 3.63) is 24.3 Å². The molecular weight excluding hydrogens is 907 g/mol. The molecule has 71 heavy (non-hydrogen) atoms. The van der Waals surface area contributed by atoms with E-state index in [4.69, 9.17) is 18.9 Å². The van der Waals surface area contributed by atoms with Gasteiger partial charge in [-0.3, -0.25) is 4.79 Å². The van der Waals surface area contributed by atoms with E-state index >= 15 is 0 Å². The Morgan fingerprint density at radius 3 is 1.38 bits per heavy atom. The van der Waals surface area contributed by atoms with Gasteiger partial charge in [-0.1, -0.05) is 224 Å². The molecule has 14 nitrogen and oxygen atoms in total. The first kappa shape index (κ1) is 65.6. The van der Waals surface area contributed by atoms with Gasteiger partial charge in [0.15, 0.2) is 12.6 Å². The summed E-state index contributed by atoms with van der Waals surface area (Å²) in [5.74, 6) is -0.247. The molecule has 0 aliphatic carbocycles. The molecule has 2 aliphatic rings. The molecule has 418 valence electrons. The standard InChI is InChI=1S/C57H107NO13/c1-3-5-7-9-11-13-15-16-17-18-19-20-21-22-23-24-25-26-27-28-29-30-31-33-35-37-39-41-49(62)58-45(46(61)40-38-36-34-32-14-12-10-8-6-4-2)44-68-56-54(67)52(65)55(48(43-60)70-56)71-57-53(66)51(64)50(63)47(42-59)69-57/h14,32,38,40,45-48,50-57,59-61,63-67H,3-13,15-31,33-37,39,41-44H2,1-2H3,(H,58,62)/b32-14+,40-38+. The van der Waals surface area contributed by atoms with Gasteiger partial charge in [0, 0.05) is 6.42 Å². The van der Waals surface area contributed by atoms with Crippen LogP contribution >= 0.6 is 0 Å². The number of unbranched alkanes of at least 4 members (excludes halogenated alkanes) is 31. The minimum atomic E-state index is -1.79. The molecule has 0 radical (unpaired) electrons. The van der Waals surface area contributed by atoms with E-state index in [0.29, 0.717) is 12.8 Å². The van der Waals surface area contributed by atoms with Gasteiger partial charge in [0.25, 0.3) is 0 Å². The van der Waals surface area contributed by atoms with Gasteiger partial charge in [-0.05, 0) is 32.1 Å². The van der Waals surface area contributed by atoms with Crippen LogP contribution in [0.1, 0.15) is 239 Å². The fourth-order valence-corrected chi connectivity index (χ4v) is 9.66. The summed E-state index contributed by atoms with van der Waals surface area (Å²) in [6.07, 6.45) is 34.0. The Hall–Kier alpha value is -1.53. The molecule has 2 aliphatic heterocycles. The molecule has 12 atom stereocenters. The van der Waals surface area contributed by atoms with Gasteiger partial charge in [-0.2, -0.15) is 0 Å². The monoisotopic (exact) mass is 1010 g/mol. The van der Waals surface area contributed by atoms with Crippen LogP contribution in [0, 0.1) is 0 Å². The lowest BCUT2D eigenvalue weighted by Gasteiger charge is -2.46. The van der Waals surface area contributed by atoms with Crippen LogP contribution in [-0.2, 0) is 23.7 Å². The van der Waals surface area contributed by atoms with Gasteiger partial charge in [-0.25, -0.2) is 0 Å². The van der Waals surface area contributed by atoms with Gasteiger partial charge < -0.3 is 65.1 Å². The highest BCUT2D eigenvalue weighted by atomic mass is 16.7. The zero-order valence-electron chi connectivity index (χ0n) is 44.7. The lowest BCUT2D eigenvalue weighted by atomic mass is 9.97. The second-order valence-electron chi connectivity index (χ2n) is 20.8. The molecule has 0 bridgehead atoms. The average Bonchev–Trinajstić information content (AvgIpc) is 3.37. The number of aliphatic hydroxyl groups is 8. The Kier molecular flexibility index (Phi) is 40.4. The third-order valence-corrected chi connectivity index (χ3v) is 14.4. The number of aliphatic hydroxyl groups excluding tert-OH is 8. The molecule has 9 N–H and O–H groups in total. The highest BCUT2D eigenvalue weighted by molar-refractivity contribution is 5.76. The molecule has 2 rings (SSSR count). The highest BCUT2D eigenvalue weighted by Crippen LogP contribution is 2.30. The summed E-state index contributed by atoms with van der Waals surface area (Å²) < 4.78 is 22.7. The number of nitrogens with one attached hydrogen (secondary N) is 1. The second-order valence-corrected chi connectivity index (χ2v) is 20.8. The summed E-state index contributed by atoms with van der Waals surface area (Å²) >= 11 is 0. The van der Waals surface area contributed by atoms with Gasteiger partial charge in [0.05, 0.1) is 32.0 Å². The van der Waals surface area contributed by atoms with Crippen molar-refractivity contribution in [3.63, 3.8) is 0 Å². The normalized spacial score (nSPS) is 25.9. The highest BCUT2D eigenvalue weighted by Gasteiger charge is 2.51. The van der Waals surface area contributed by atoms with Gasteiger partial charge >= 0.3 is 0 Å². The maximum Gasteiger partial charge on any atom is 0.220 e. The summed E-state index contributed by atoms with van der Waals surface area (Å²) in [6.45, 7) is 2.75. The first-order valence-corrected chi connectivity index (χ1v) is 29.1. The lowest BCUT2D eigenvalue weighted by molar-refractivity contribution is -0.359. The molecule has 2 heterocycles. The molecule has 0 spiro atoms. The molecule has 2 fully saturated rings. The van der Waals surface area contributed by atoms with Crippen LogP contribution < -0.4 is 5.32 Å². The smallest absolute Gasteiger partial charge is 0.220 e. The number of carbonyl (C=O) groups excluding carboxylic acids is 1. The van der Waals surface area contributed by atoms with Crippen molar-refractivity contribution >= 4 is 5.91 Å². The minimum absolute atomic E-state index is 0.247. The summed E-state index contributed by atoms with van der Waals surface area (Å²) in [4.78, 5) is 13.2. The third-order valence-electron chi connectivity index (χ3n) is 14.4. The summed E-state index contributed by atoms with van der Waals surface area (Å²) in [5.41, 5.74) is 0. The van der Waals surface area contributed by atoms with Crippen molar-refractivity contribution in [3.8, 4) is 0 Å². The molecular formula is C57H107NO13. The molecule has 0 saturated carbocycles. The van der Waals surface area contributed by atoms with E-state index in [1.807, 2.05) is 6.08 Å². The predicted molar refractivity (Wildman–Crippen MR) is 282 cm³/mol. The van der Waals surface area contributed by atoms with Crippen LogP contribution in [0.15, 0.2) is 24.3 Å². The van der Waals surface area contributed by atoms with E-state index in [-0.39, 0.29) is 18.9 Å². The first-order valence-electron chi connectivity index (χ1n) is 29.1. The Balaban J connectivity index is 1.67. The lowest BCUT2D eigenvalue weighted by Crippen LogP contribution is -2.65. The molecule has 2 saturated heterocycles. The van der Waals surface area contributed by atoms with Crippen LogP contribution in [0.2, 0.25) is 0 Å². The van der Waals surface area contributed by atoms with E-state index in [2.05, 4.69) is 31.3 Å².